The Labute approximate surface area is 101 Å². The molecule has 0 saturated heterocycles. The molecule has 0 aromatic rings. The lowest BCUT2D eigenvalue weighted by Gasteiger charge is -2.24. The first-order valence-electron chi connectivity index (χ1n) is 5.84. The van der Waals surface area contributed by atoms with Gasteiger partial charge in [-0.1, -0.05) is 0 Å². The average Bonchev–Trinajstić information content (AvgIpc) is 2.54. The van der Waals surface area contributed by atoms with E-state index in [1.807, 2.05) is 26.8 Å². The van der Waals surface area contributed by atoms with Crippen LogP contribution in [0.4, 0.5) is 4.79 Å². The average molecular weight is 237 g/mol. The van der Waals surface area contributed by atoms with E-state index in [-0.39, 0.29) is 6.09 Å². The Hall–Kier alpha value is -1.49. The second-order valence-corrected chi connectivity index (χ2v) is 5.24. The number of rotatable bonds is 0. The van der Waals surface area contributed by atoms with Gasteiger partial charge in [-0.05, 0) is 38.8 Å². The number of nitrogens with zero attached hydrogens (tertiary/aromatic N) is 1. The third-order valence-corrected chi connectivity index (χ3v) is 2.61. The van der Waals surface area contributed by atoms with E-state index in [0.717, 1.165) is 18.7 Å². The van der Waals surface area contributed by atoms with Crippen LogP contribution in [0.5, 0.6) is 0 Å². The zero-order valence-corrected chi connectivity index (χ0v) is 10.5. The molecule has 0 fully saturated rings. The lowest BCUT2D eigenvalue weighted by atomic mass is 10.1. The molecule has 0 spiro atoms. The quantitative estimate of drug-likeness (QED) is 0.670. The van der Waals surface area contributed by atoms with E-state index in [2.05, 4.69) is 10.9 Å². The van der Waals surface area contributed by atoms with E-state index in [4.69, 9.17) is 4.74 Å². The summed E-state index contributed by atoms with van der Waals surface area (Å²) in [6, 6.07) is 0. The van der Waals surface area contributed by atoms with Crippen LogP contribution in [0, 0.1) is 0 Å². The van der Waals surface area contributed by atoms with E-state index in [0.29, 0.717) is 6.54 Å². The number of ether oxygens (including phenoxy) is 1. The first-order valence-corrected chi connectivity index (χ1v) is 5.84. The molecule has 5 nitrogen and oxygen atoms in total. The Balaban J connectivity index is 1.99. The van der Waals surface area contributed by atoms with Crippen LogP contribution in [0.15, 0.2) is 23.5 Å². The van der Waals surface area contributed by atoms with Crippen molar-refractivity contribution >= 4 is 6.09 Å². The van der Waals surface area contributed by atoms with Gasteiger partial charge in [0.25, 0.3) is 0 Å². The highest BCUT2D eigenvalue weighted by atomic mass is 16.6. The second-order valence-electron chi connectivity index (χ2n) is 5.24. The van der Waals surface area contributed by atoms with Crippen LogP contribution in [-0.2, 0) is 4.74 Å². The van der Waals surface area contributed by atoms with Crippen molar-refractivity contribution in [1.29, 1.82) is 0 Å². The van der Waals surface area contributed by atoms with Gasteiger partial charge in [0.05, 0.1) is 5.70 Å². The predicted molar refractivity (Wildman–Crippen MR) is 64.9 cm³/mol. The Morgan fingerprint density at radius 3 is 2.94 bits per heavy atom. The van der Waals surface area contributed by atoms with Crippen molar-refractivity contribution in [3.8, 4) is 0 Å². The van der Waals surface area contributed by atoms with Crippen LogP contribution in [0.25, 0.3) is 0 Å². The van der Waals surface area contributed by atoms with E-state index in [1.165, 1.54) is 5.57 Å². The molecule has 2 aliphatic heterocycles. The van der Waals surface area contributed by atoms with Gasteiger partial charge in [-0.2, -0.15) is 0 Å². The van der Waals surface area contributed by atoms with Gasteiger partial charge in [-0.15, -0.1) is 0 Å². The maximum atomic E-state index is 11.9. The van der Waals surface area contributed by atoms with Gasteiger partial charge in [0, 0.05) is 19.3 Å². The SMILES string of the molecule is CC(C)(C)OC(=O)N1C=CC2=C(CC1)CNN2. The molecule has 2 N–H and O–H groups in total. The van der Waals surface area contributed by atoms with Crippen LogP contribution >= 0.6 is 0 Å². The predicted octanol–water partition coefficient (Wildman–Crippen LogP) is 1.50. The number of allylic oxidation sites excluding steroid dienone is 1. The fourth-order valence-electron chi connectivity index (χ4n) is 1.78. The van der Waals surface area contributed by atoms with Crippen LogP contribution in [0.1, 0.15) is 27.2 Å². The van der Waals surface area contributed by atoms with Crippen molar-refractivity contribution in [2.45, 2.75) is 32.8 Å². The fourth-order valence-corrected chi connectivity index (χ4v) is 1.78. The standard InChI is InChI=1S/C12H19N3O2/c1-12(2,3)17-11(16)15-6-4-9-8-13-14-10(9)5-7-15/h5,7,13-14H,4,6,8H2,1-3H3. The third-order valence-electron chi connectivity index (χ3n) is 2.61. The van der Waals surface area contributed by atoms with Crippen LogP contribution in [-0.4, -0.2) is 29.7 Å². The van der Waals surface area contributed by atoms with Gasteiger partial charge < -0.3 is 10.2 Å². The van der Waals surface area contributed by atoms with Gasteiger partial charge in [0.1, 0.15) is 5.60 Å². The molecule has 0 aromatic heterocycles. The van der Waals surface area contributed by atoms with Gasteiger partial charge in [0.2, 0.25) is 0 Å². The highest BCUT2D eigenvalue weighted by molar-refractivity contribution is 5.69. The summed E-state index contributed by atoms with van der Waals surface area (Å²) < 4.78 is 5.34. The molecule has 0 saturated carbocycles. The number of nitrogens with one attached hydrogen (secondary N) is 2. The minimum Gasteiger partial charge on any atom is -0.443 e. The molecule has 1 amide bonds. The van der Waals surface area contributed by atoms with Gasteiger partial charge in [0.15, 0.2) is 0 Å². The largest absolute Gasteiger partial charge is 0.443 e. The van der Waals surface area contributed by atoms with Crippen LogP contribution in [0.2, 0.25) is 0 Å². The molecule has 94 valence electrons. The number of carbonyl (C=O) groups excluding carboxylic acids is 1. The smallest absolute Gasteiger partial charge is 0.414 e. The Kier molecular flexibility index (Phi) is 3.11. The van der Waals surface area contributed by atoms with Crippen molar-refractivity contribution in [2.24, 2.45) is 0 Å². The number of hydrazine groups is 1. The number of carbonyl (C=O) groups is 1. The Bertz CT molecular complexity index is 380. The molecule has 0 aromatic carbocycles. The summed E-state index contributed by atoms with van der Waals surface area (Å²) in [6.07, 6.45) is 4.26. The molecule has 2 aliphatic rings. The maximum Gasteiger partial charge on any atom is 0.414 e. The van der Waals surface area contributed by atoms with Crippen molar-refractivity contribution in [1.82, 2.24) is 15.8 Å². The summed E-state index contributed by atoms with van der Waals surface area (Å²) in [5.74, 6) is 0. The molecule has 0 atom stereocenters. The molecular formula is C12H19N3O2. The fraction of sp³-hybridized carbons (Fsp3) is 0.583. The van der Waals surface area contributed by atoms with Gasteiger partial charge in [-0.25, -0.2) is 10.2 Å². The monoisotopic (exact) mass is 237 g/mol. The molecule has 5 heteroatoms. The van der Waals surface area contributed by atoms with Crippen LogP contribution < -0.4 is 10.9 Å². The minimum absolute atomic E-state index is 0.289. The lowest BCUT2D eigenvalue weighted by Crippen LogP contribution is -2.34. The molecule has 2 rings (SSSR count). The summed E-state index contributed by atoms with van der Waals surface area (Å²) in [7, 11) is 0. The highest BCUT2D eigenvalue weighted by Crippen LogP contribution is 2.18. The number of amides is 1. The molecule has 0 radical (unpaired) electrons. The second kappa shape index (κ2) is 4.41. The first kappa shape index (κ1) is 12.0. The summed E-state index contributed by atoms with van der Waals surface area (Å²) >= 11 is 0. The molecule has 0 unspecified atom stereocenters. The van der Waals surface area contributed by atoms with Crippen molar-refractivity contribution < 1.29 is 9.53 Å². The summed E-state index contributed by atoms with van der Waals surface area (Å²) in [5, 5.41) is 0. The summed E-state index contributed by atoms with van der Waals surface area (Å²) in [6.45, 7) is 7.11. The number of hydrogen-bond acceptors (Lipinski definition) is 4. The van der Waals surface area contributed by atoms with E-state index in [1.54, 1.807) is 11.1 Å². The van der Waals surface area contributed by atoms with Crippen molar-refractivity contribution in [3.63, 3.8) is 0 Å². The van der Waals surface area contributed by atoms with Crippen molar-refractivity contribution in [3.05, 3.63) is 23.5 Å². The van der Waals surface area contributed by atoms with Crippen LogP contribution in [0.3, 0.4) is 0 Å². The zero-order chi connectivity index (χ0) is 12.5. The van der Waals surface area contributed by atoms with E-state index >= 15 is 0 Å². The highest BCUT2D eigenvalue weighted by Gasteiger charge is 2.23. The molecule has 0 bridgehead atoms. The van der Waals surface area contributed by atoms with E-state index in [9.17, 15) is 4.79 Å². The summed E-state index contributed by atoms with van der Waals surface area (Å²) in [4.78, 5) is 13.5. The first-order chi connectivity index (χ1) is 7.96. The molecular weight excluding hydrogens is 218 g/mol. The Morgan fingerprint density at radius 2 is 2.24 bits per heavy atom. The summed E-state index contributed by atoms with van der Waals surface area (Å²) in [5.41, 5.74) is 8.05. The Morgan fingerprint density at radius 1 is 1.47 bits per heavy atom. The topological polar surface area (TPSA) is 53.6 Å². The van der Waals surface area contributed by atoms with Gasteiger partial charge in [-0.3, -0.25) is 4.90 Å². The maximum absolute atomic E-state index is 11.9. The molecule has 17 heavy (non-hydrogen) atoms. The molecule has 2 heterocycles. The minimum atomic E-state index is -0.451. The van der Waals surface area contributed by atoms with E-state index < -0.39 is 5.60 Å². The van der Waals surface area contributed by atoms with Gasteiger partial charge >= 0.3 is 6.09 Å². The normalized spacial score (nSPS) is 19.8. The molecule has 0 aliphatic carbocycles. The zero-order valence-electron chi connectivity index (χ0n) is 10.5. The lowest BCUT2D eigenvalue weighted by molar-refractivity contribution is 0.0337. The third kappa shape index (κ3) is 3.00. The number of hydrogen-bond donors (Lipinski definition) is 2. The van der Waals surface area contributed by atoms with Crippen molar-refractivity contribution in [2.75, 3.05) is 13.1 Å².